The predicted octanol–water partition coefficient (Wildman–Crippen LogP) is 18.1. The summed E-state index contributed by atoms with van der Waals surface area (Å²) in [6.45, 7) is 14.9. The van der Waals surface area contributed by atoms with Gasteiger partial charge >= 0.3 is 0 Å². The van der Waals surface area contributed by atoms with E-state index in [9.17, 15) is 34.1 Å². The van der Waals surface area contributed by atoms with Crippen molar-refractivity contribution in [3.05, 3.63) is 218 Å². The largest absolute Gasteiger partial charge is 0.508 e. The minimum atomic E-state index is -0.829. The fourth-order valence-electron chi connectivity index (χ4n) is 16.5. The number of amides is 3. The van der Waals surface area contributed by atoms with Crippen molar-refractivity contribution in [2.45, 2.75) is 33.1 Å². The number of rotatable bonds is 13. The van der Waals surface area contributed by atoms with Gasteiger partial charge in [-0.15, -0.1) is 0 Å². The number of aromatic hydroxyl groups is 3. The summed E-state index contributed by atoms with van der Waals surface area (Å²) in [5, 5.41) is 43.6. The number of piperidine rings is 1. The first kappa shape index (κ1) is 87.4. The lowest BCUT2D eigenvalue weighted by atomic mass is 9.96. The lowest BCUT2D eigenvalue weighted by Crippen LogP contribution is -2.49. The summed E-state index contributed by atoms with van der Waals surface area (Å²) in [6, 6.07) is 39.0. The van der Waals surface area contributed by atoms with Gasteiger partial charge in [-0.2, -0.15) is 0 Å². The van der Waals surface area contributed by atoms with Gasteiger partial charge < -0.3 is 50.5 Å². The maximum atomic E-state index is 15.9. The molecule has 0 aliphatic carbocycles. The Balaban J connectivity index is 0.000000128. The molecule has 33 heteroatoms. The average molecular weight is 1800 g/mol. The molecular formula is C91H83Cl6F4N17O6. The van der Waals surface area contributed by atoms with Crippen LogP contribution in [0.5, 0.6) is 17.2 Å². The number of likely N-dealkylation sites (N-methyl/N-ethyl adjacent to an activating group) is 1. The number of phenols is 3. The first-order valence-corrected chi connectivity index (χ1v) is 42.5. The van der Waals surface area contributed by atoms with Gasteiger partial charge in [-0.05, 0) is 143 Å². The summed E-state index contributed by atoms with van der Waals surface area (Å²) in [4.78, 5) is 84.5. The zero-order chi connectivity index (χ0) is 87.3. The smallest absolute Gasteiger partial charge is 0.233 e. The lowest BCUT2D eigenvalue weighted by Gasteiger charge is -2.35. The van der Waals surface area contributed by atoms with Gasteiger partial charge in [0.2, 0.25) is 17.7 Å². The Hall–Kier alpha value is -11.5. The summed E-state index contributed by atoms with van der Waals surface area (Å²) in [5.74, 6) is -0.439. The second-order valence-electron chi connectivity index (χ2n) is 30.3. The Morgan fingerprint density at radius 3 is 1.41 bits per heavy atom. The number of fused-ring (bicyclic) bond motifs is 6. The molecule has 1 atom stereocenters. The van der Waals surface area contributed by atoms with Crippen LogP contribution in [-0.2, 0) is 14.4 Å². The number of carbonyl (C=O) groups excluding carboxylic acids is 3. The summed E-state index contributed by atoms with van der Waals surface area (Å²) >= 11 is 38.8. The van der Waals surface area contributed by atoms with E-state index < -0.39 is 29.0 Å². The van der Waals surface area contributed by atoms with Gasteiger partial charge in [-0.1, -0.05) is 131 Å². The van der Waals surface area contributed by atoms with Gasteiger partial charge in [0.1, 0.15) is 88.2 Å². The number of hydrogen-bond donors (Lipinski definition) is 5. The summed E-state index contributed by atoms with van der Waals surface area (Å²) in [6.07, 6.45) is 8.45. The van der Waals surface area contributed by atoms with Crippen molar-refractivity contribution in [2.75, 3.05) is 138 Å². The topological polar surface area (TPSA) is 262 Å². The molecule has 4 fully saturated rings. The summed E-state index contributed by atoms with van der Waals surface area (Å²) < 4.78 is 61.6. The number of carbonyl (C=O) groups is 3. The van der Waals surface area contributed by atoms with E-state index >= 15 is 13.2 Å². The quantitative estimate of drug-likeness (QED) is 0.0672. The number of nitrogens with zero attached hydrogens (tertiary/aromatic N) is 15. The first-order chi connectivity index (χ1) is 59.9. The monoisotopic (exact) mass is 1800 g/mol. The van der Waals surface area contributed by atoms with Crippen LogP contribution in [0.4, 0.5) is 40.8 Å². The van der Waals surface area contributed by atoms with E-state index in [0.29, 0.717) is 125 Å². The van der Waals surface area contributed by atoms with E-state index in [0.717, 1.165) is 114 Å². The number of anilines is 4. The van der Waals surface area contributed by atoms with E-state index in [2.05, 4.69) is 72.1 Å². The van der Waals surface area contributed by atoms with Crippen molar-refractivity contribution in [3.63, 3.8) is 0 Å². The van der Waals surface area contributed by atoms with Gasteiger partial charge in [0.25, 0.3) is 0 Å². The van der Waals surface area contributed by atoms with Crippen LogP contribution in [0.3, 0.4) is 0 Å². The van der Waals surface area contributed by atoms with Crippen LogP contribution in [0.2, 0.25) is 30.1 Å². The van der Waals surface area contributed by atoms with Crippen LogP contribution in [0.1, 0.15) is 33.1 Å². The molecule has 4 saturated heterocycles. The number of benzene rings is 10. The zero-order valence-corrected chi connectivity index (χ0v) is 72.2. The number of halogens is 10. The Morgan fingerprint density at radius 2 is 0.911 bits per heavy atom. The maximum absolute atomic E-state index is 15.9. The minimum Gasteiger partial charge on any atom is -0.508 e. The fourth-order valence-corrected chi connectivity index (χ4v) is 18.1. The van der Waals surface area contributed by atoms with Crippen molar-refractivity contribution in [2.24, 2.45) is 5.92 Å². The molecule has 0 saturated carbocycles. The van der Waals surface area contributed by atoms with Crippen LogP contribution in [0.25, 0.3) is 110 Å². The van der Waals surface area contributed by atoms with Gasteiger partial charge in [-0.3, -0.25) is 24.2 Å². The second-order valence-corrected chi connectivity index (χ2v) is 32.8. The maximum Gasteiger partial charge on any atom is 0.233 e. The molecule has 4 aliphatic rings. The molecule has 5 N–H and O–H groups in total. The van der Waals surface area contributed by atoms with Gasteiger partial charge in [-0.25, -0.2) is 57.4 Å². The number of nitrogens with one attached hydrogen (secondary N) is 2. The third-order valence-electron chi connectivity index (χ3n) is 22.7. The van der Waals surface area contributed by atoms with E-state index in [1.165, 1.54) is 49.6 Å². The van der Waals surface area contributed by atoms with Crippen LogP contribution >= 0.6 is 69.6 Å². The van der Waals surface area contributed by atoms with Crippen LogP contribution in [0.15, 0.2) is 165 Å². The highest BCUT2D eigenvalue weighted by Gasteiger charge is 2.32. The average Bonchev–Trinajstić information content (AvgIpc) is 0.763. The molecule has 0 spiro atoms. The molecule has 14 aromatic rings. The molecule has 0 bridgehead atoms. The third-order valence-corrected chi connectivity index (χ3v) is 24.5. The highest BCUT2D eigenvalue weighted by atomic mass is 35.5. The third kappa shape index (κ3) is 18.4. The molecular weight excluding hydrogens is 1720 g/mol. The molecule has 0 radical (unpaired) electrons. The lowest BCUT2D eigenvalue weighted by molar-refractivity contribution is -0.129. The second kappa shape index (κ2) is 38.3. The van der Waals surface area contributed by atoms with E-state index in [4.69, 9.17) is 69.6 Å². The fraction of sp³-hybridized carbons (Fsp3) is 0.264. The van der Waals surface area contributed by atoms with Crippen LogP contribution in [-0.4, -0.2) is 206 Å². The normalized spacial score (nSPS) is 15.2. The van der Waals surface area contributed by atoms with E-state index in [1.54, 1.807) is 74.4 Å². The van der Waals surface area contributed by atoms with Crippen molar-refractivity contribution in [1.82, 2.24) is 65.2 Å². The Kier molecular flexibility index (Phi) is 27.0. The van der Waals surface area contributed by atoms with Crippen molar-refractivity contribution >= 4 is 176 Å². The predicted molar refractivity (Wildman–Crippen MR) is 485 cm³/mol. The molecule has 3 amide bonds. The zero-order valence-electron chi connectivity index (χ0n) is 67.7. The molecule has 638 valence electrons. The number of piperazine rings is 3. The molecule has 4 aliphatic heterocycles. The van der Waals surface area contributed by atoms with Crippen molar-refractivity contribution in [3.8, 4) is 61.8 Å². The highest BCUT2D eigenvalue weighted by molar-refractivity contribution is 6.39. The van der Waals surface area contributed by atoms with Crippen molar-refractivity contribution < 1.29 is 47.3 Å². The van der Waals surface area contributed by atoms with Crippen molar-refractivity contribution in [1.29, 1.82) is 0 Å². The Labute approximate surface area is 740 Å². The summed E-state index contributed by atoms with van der Waals surface area (Å²) in [7, 11) is 3.27. The van der Waals surface area contributed by atoms with E-state index in [-0.39, 0.29) is 89.0 Å². The Bertz CT molecular complexity index is 6430. The van der Waals surface area contributed by atoms with Crippen LogP contribution < -0.4 is 30.2 Å². The standard InChI is InChI=1S/C25H24ClFN4O.C24H20ClFN4O2.C21H19Cl3N4O.C21H20ClF2N5O2/c1-2-7-30-8-10-31(11-9-30)25-20-14-21(26)22(23(27)24(20)28-15-29-25)19-13-17(32)12-16-5-3-4-6-18(16)19;1-14(31)29-6-8-30(9-7-29)24-19-12-20(25)21(22(26)23(19)27-13-28-24)18-11-16(32)10-15-4-2-3-5-17(15)18;1-25-21(29)12-3-2-6-28(10-12)20-16-8-15(14-7-13(22)4-5-17(14)23)18(24)9-19(16)26-11-27-20;1-25-16(31)10-28-5-7-29(8-6-28)21-12-9-13(22)17(19(24)20(12)26-11-27-21)18-14(23)3-2-4-15(18)30/h3-6,12-15,32H,2,7-11H2,1H3;2-5,10-13,32H,6-9H2,1H3;4-5,7-9,11-12H,2-3,6,10H2,1H3,(H,25,29);2-4,9,11,30H,5-8,10H2,1H3,(H,25,31). The SMILES string of the molecule is CC(=O)N1CCN(c2ncnc3c(F)c(-c4cc(O)cc5ccccc45)c(Cl)cc23)CC1.CCCN1CCN(c2ncnc3c(F)c(-c4cc(O)cc5ccccc45)c(Cl)cc23)CC1.CNC(=O)C1CCCN(c2ncnc3cc(Cl)c(-c4cc(Cl)ccc4Cl)cc23)C1.CNC(=O)CN1CCN(c2ncnc3c(F)c(-c4c(O)cccc4F)c(Cl)cc23)CC1. The summed E-state index contributed by atoms with van der Waals surface area (Å²) in [5.41, 5.74) is 3.56. The first-order valence-electron chi connectivity index (χ1n) is 40.2. The Morgan fingerprint density at radius 1 is 0.435 bits per heavy atom. The van der Waals surface area contributed by atoms with E-state index in [1.807, 2.05) is 75.4 Å². The number of aromatic nitrogens is 8. The number of phenolic OH excluding ortho intramolecular Hbond substituents is 3. The molecule has 124 heavy (non-hydrogen) atoms. The van der Waals surface area contributed by atoms with Gasteiger partial charge in [0, 0.05) is 172 Å². The molecule has 23 nitrogen and oxygen atoms in total. The van der Waals surface area contributed by atoms with Gasteiger partial charge in [0.15, 0.2) is 17.5 Å². The molecule has 4 aromatic heterocycles. The molecule has 8 heterocycles. The van der Waals surface area contributed by atoms with Gasteiger partial charge in [0.05, 0.1) is 43.6 Å². The van der Waals surface area contributed by atoms with Crippen LogP contribution in [0, 0.1) is 29.2 Å². The molecule has 10 aromatic carbocycles. The minimum absolute atomic E-state index is 0.0140. The highest BCUT2D eigenvalue weighted by Crippen LogP contribution is 2.47. The molecule has 1 unspecified atom stereocenters. The molecule has 18 rings (SSSR count). The number of hydrogen-bond acceptors (Lipinski definition) is 20.